The van der Waals surface area contributed by atoms with Gasteiger partial charge in [0.25, 0.3) is 5.91 Å². The van der Waals surface area contributed by atoms with Crippen LogP contribution >= 0.6 is 11.6 Å². The standard InChI is InChI=1S/C19H11ClFN3O2/c20-14-8-16-17(26-10-23-16)7-13(14)11-5-6-18(22-9-11)24-19(25)12-3-1-2-4-15(12)21/h1-10H,(H,22,24,25). The molecule has 128 valence electrons. The van der Waals surface area contributed by atoms with Gasteiger partial charge in [-0.3, -0.25) is 4.79 Å². The van der Waals surface area contributed by atoms with Gasteiger partial charge in [0, 0.05) is 17.3 Å². The number of rotatable bonds is 3. The SMILES string of the molecule is O=C(Nc1ccc(-c2cc3ocnc3cc2Cl)cn1)c1ccccc1F. The number of oxazole rings is 1. The normalized spacial score (nSPS) is 10.8. The van der Waals surface area contributed by atoms with Gasteiger partial charge in [0.2, 0.25) is 0 Å². The molecule has 5 nitrogen and oxygen atoms in total. The molecule has 0 saturated carbocycles. The van der Waals surface area contributed by atoms with Crippen molar-refractivity contribution in [3.63, 3.8) is 0 Å². The van der Waals surface area contributed by atoms with Gasteiger partial charge in [-0.1, -0.05) is 23.7 Å². The molecular formula is C19H11ClFN3O2. The summed E-state index contributed by atoms with van der Waals surface area (Å²) in [5, 5.41) is 3.08. The fourth-order valence-electron chi connectivity index (χ4n) is 2.56. The third kappa shape index (κ3) is 3.02. The third-order valence-electron chi connectivity index (χ3n) is 3.85. The number of halogens is 2. The second-order valence-corrected chi connectivity index (χ2v) is 5.93. The molecule has 0 aliphatic heterocycles. The van der Waals surface area contributed by atoms with Crippen LogP contribution in [-0.4, -0.2) is 15.9 Å². The third-order valence-corrected chi connectivity index (χ3v) is 4.17. The van der Waals surface area contributed by atoms with Crippen LogP contribution in [0.25, 0.3) is 22.2 Å². The molecular weight excluding hydrogens is 357 g/mol. The predicted octanol–water partition coefficient (Wildman–Crippen LogP) is 4.93. The molecule has 7 heteroatoms. The van der Waals surface area contributed by atoms with Crippen molar-refractivity contribution in [1.82, 2.24) is 9.97 Å². The first-order valence-electron chi connectivity index (χ1n) is 7.67. The van der Waals surface area contributed by atoms with E-state index in [4.69, 9.17) is 16.0 Å². The van der Waals surface area contributed by atoms with Crippen molar-refractivity contribution in [3.8, 4) is 11.1 Å². The van der Waals surface area contributed by atoms with Crippen molar-refractivity contribution in [1.29, 1.82) is 0 Å². The number of aromatic nitrogens is 2. The summed E-state index contributed by atoms with van der Waals surface area (Å²) in [4.78, 5) is 20.4. The summed E-state index contributed by atoms with van der Waals surface area (Å²) in [5.41, 5.74) is 2.71. The second kappa shape index (κ2) is 6.57. The molecule has 2 heterocycles. The number of hydrogen-bond donors (Lipinski definition) is 1. The molecule has 0 spiro atoms. The van der Waals surface area contributed by atoms with Crippen LogP contribution in [-0.2, 0) is 0 Å². The molecule has 0 unspecified atom stereocenters. The fraction of sp³-hybridized carbons (Fsp3) is 0. The van der Waals surface area contributed by atoms with Crippen LogP contribution < -0.4 is 5.32 Å². The van der Waals surface area contributed by atoms with Crippen molar-refractivity contribution in [2.45, 2.75) is 0 Å². The van der Waals surface area contributed by atoms with Gasteiger partial charge in [0.1, 0.15) is 17.2 Å². The lowest BCUT2D eigenvalue weighted by molar-refractivity contribution is 0.102. The lowest BCUT2D eigenvalue weighted by Gasteiger charge is -2.07. The first kappa shape index (κ1) is 16.2. The average molecular weight is 368 g/mol. The Morgan fingerprint density at radius 3 is 2.73 bits per heavy atom. The Kier molecular flexibility index (Phi) is 4.10. The summed E-state index contributed by atoms with van der Waals surface area (Å²) < 4.78 is 19.0. The Labute approximate surface area is 152 Å². The number of nitrogens with one attached hydrogen (secondary N) is 1. The highest BCUT2D eigenvalue weighted by Crippen LogP contribution is 2.31. The molecule has 0 fully saturated rings. The van der Waals surface area contributed by atoms with Gasteiger partial charge in [-0.25, -0.2) is 14.4 Å². The van der Waals surface area contributed by atoms with E-state index in [1.807, 2.05) is 0 Å². The Balaban J connectivity index is 1.59. The summed E-state index contributed by atoms with van der Waals surface area (Å²) in [6.45, 7) is 0. The topological polar surface area (TPSA) is 68.0 Å². The number of amides is 1. The van der Waals surface area contributed by atoms with Gasteiger partial charge in [-0.2, -0.15) is 0 Å². The predicted molar refractivity (Wildman–Crippen MR) is 96.6 cm³/mol. The molecule has 4 rings (SSSR count). The largest absolute Gasteiger partial charge is 0.443 e. The zero-order valence-corrected chi connectivity index (χ0v) is 14.0. The van der Waals surface area contributed by atoms with Crippen molar-refractivity contribution >= 4 is 34.4 Å². The van der Waals surface area contributed by atoms with Crippen LogP contribution in [0.1, 0.15) is 10.4 Å². The quantitative estimate of drug-likeness (QED) is 0.557. The minimum absolute atomic E-state index is 0.0443. The maximum Gasteiger partial charge on any atom is 0.259 e. The maximum absolute atomic E-state index is 13.7. The molecule has 0 atom stereocenters. The molecule has 0 radical (unpaired) electrons. The molecule has 2 aromatic heterocycles. The number of carbonyl (C=O) groups is 1. The van der Waals surface area contributed by atoms with Gasteiger partial charge in [-0.05, 0) is 36.4 Å². The molecule has 4 aromatic rings. The van der Waals surface area contributed by atoms with Crippen LogP contribution in [0.5, 0.6) is 0 Å². The van der Waals surface area contributed by atoms with Gasteiger partial charge < -0.3 is 9.73 Å². The summed E-state index contributed by atoms with van der Waals surface area (Å²) in [7, 11) is 0. The molecule has 26 heavy (non-hydrogen) atoms. The van der Waals surface area contributed by atoms with Crippen molar-refractivity contribution in [2.24, 2.45) is 0 Å². The molecule has 1 N–H and O–H groups in total. The fourth-order valence-corrected chi connectivity index (χ4v) is 2.82. The molecule has 2 aromatic carbocycles. The first-order valence-corrected chi connectivity index (χ1v) is 8.04. The zero-order valence-electron chi connectivity index (χ0n) is 13.2. The van der Waals surface area contributed by atoms with E-state index in [-0.39, 0.29) is 5.56 Å². The van der Waals surface area contributed by atoms with E-state index in [0.717, 1.165) is 11.1 Å². The average Bonchev–Trinajstić information content (AvgIpc) is 3.09. The number of anilines is 1. The van der Waals surface area contributed by atoms with E-state index in [1.165, 1.54) is 24.6 Å². The number of fused-ring (bicyclic) bond motifs is 1. The van der Waals surface area contributed by atoms with Gasteiger partial charge in [-0.15, -0.1) is 0 Å². The van der Waals surface area contributed by atoms with Gasteiger partial charge >= 0.3 is 0 Å². The van der Waals surface area contributed by atoms with E-state index in [9.17, 15) is 9.18 Å². The van der Waals surface area contributed by atoms with E-state index in [2.05, 4.69) is 15.3 Å². The lowest BCUT2D eigenvalue weighted by atomic mass is 10.1. The van der Waals surface area contributed by atoms with E-state index >= 15 is 0 Å². The number of benzene rings is 2. The second-order valence-electron chi connectivity index (χ2n) is 5.52. The lowest BCUT2D eigenvalue weighted by Crippen LogP contribution is -2.14. The Hall–Kier alpha value is -3.25. The summed E-state index contributed by atoms with van der Waals surface area (Å²) in [5.74, 6) is -0.850. The highest BCUT2D eigenvalue weighted by atomic mass is 35.5. The van der Waals surface area contributed by atoms with Crippen LogP contribution in [0.2, 0.25) is 5.02 Å². The maximum atomic E-state index is 13.7. The van der Waals surface area contributed by atoms with Crippen molar-refractivity contribution in [2.75, 3.05) is 5.32 Å². The van der Waals surface area contributed by atoms with E-state index in [0.29, 0.717) is 21.9 Å². The zero-order chi connectivity index (χ0) is 18.1. The number of hydrogen-bond acceptors (Lipinski definition) is 4. The van der Waals surface area contributed by atoms with Crippen LogP contribution in [0.15, 0.2) is 65.5 Å². The molecule has 1 amide bonds. The Morgan fingerprint density at radius 2 is 1.96 bits per heavy atom. The van der Waals surface area contributed by atoms with Gasteiger partial charge in [0.05, 0.1) is 10.6 Å². The molecule has 0 bridgehead atoms. The summed E-state index contributed by atoms with van der Waals surface area (Å²) in [6, 6.07) is 12.6. The molecule has 0 aliphatic carbocycles. The van der Waals surface area contributed by atoms with Crippen LogP contribution in [0, 0.1) is 5.82 Å². The highest BCUT2D eigenvalue weighted by Gasteiger charge is 2.13. The smallest absolute Gasteiger partial charge is 0.259 e. The Bertz CT molecular complexity index is 1110. The minimum Gasteiger partial charge on any atom is -0.443 e. The molecule has 0 aliphatic rings. The first-order chi connectivity index (χ1) is 12.6. The van der Waals surface area contributed by atoms with Crippen LogP contribution in [0.3, 0.4) is 0 Å². The van der Waals surface area contributed by atoms with Crippen molar-refractivity contribution < 1.29 is 13.6 Å². The monoisotopic (exact) mass is 367 g/mol. The molecule has 0 saturated heterocycles. The van der Waals surface area contributed by atoms with E-state index < -0.39 is 11.7 Å². The van der Waals surface area contributed by atoms with Crippen LogP contribution in [0.4, 0.5) is 10.2 Å². The summed E-state index contributed by atoms with van der Waals surface area (Å²) in [6.07, 6.45) is 2.92. The van der Waals surface area contributed by atoms with Gasteiger partial charge in [0.15, 0.2) is 12.0 Å². The number of pyridine rings is 1. The number of nitrogens with zero attached hydrogens (tertiary/aromatic N) is 2. The highest BCUT2D eigenvalue weighted by molar-refractivity contribution is 6.34. The van der Waals surface area contributed by atoms with E-state index in [1.54, 1.807) is 36.5 Å². The van der Waals surface area contributed by atoms with Crippen molar-refractivity contribution in [3.05, 3.63) is 77.5 Å². The Morgan fingerprint density at radius 1 is 1.12 bits per heavy atom. The minimum atomic E-state index is -0.589. The summed E-state index contributed by atoms with van der Waals surface area (Å²) >= 11 is 6.30. The number of carbonyl (C=O) groups excluding carboxylic acids is 1.